The third kappa shape index (κ3) is 1.85. The summed E-state index contributed by atoms with van der Waals surface area (Å²) < 4.78 is 0. The third-order valence-corrected chi connectivity index (χ3v) is 1.88. The van der Waals surface area contributed by atoms with Crippen LogP contribution in [0.15, 0.2) is 24.4 Å². The average Bonchev–Trinajstić information content (AvgIpc) is 2.18. The second-order valence-corrected chi connectivity index (χ2v) is 3.09. The number of rotatable bonds is 1. The first-order chi connectivity index (χ1) is 7.16. The third-order valence-electron chi connectivity index (χ3n) is 1.88. The molecule has 5 heteroatoms. The van der Waals surface area contributed by atoms with E-state index in [9.17, 15) is 9.90 Å². The zero-order valence-corrected chi connectivity index (χ0v) is 8.06. The van der Waals surface area contributed by atoms with Gasteiger partial charge in [-0.2, -0.15) is 0 Å². The number of nitrogens with one attached hydrogen (secondary N) is 1. The number of hydrogen-bond acceptors (Lipinski definition) is 4. The second-order valence-electron chi connectivity index (χ2n) is 3.09. The fourth-order valence-electron chi connectivity index (χ4n) is 1.26. The second kappa shape index (κ2) is 3.53. The van der Waals surface area contributed by atoms with Crippen LogP contribution in [-0.2, 0) is 4.79 Å². The van der Waals surface area contributed by atoms with Crippen molar-refractivity contribution in [1.29, 1.82) is 0 Å². The largest absolute Gasteiger partial charge is 0.506 e. The Balaban J connectivity index is 2.54. The van der Waals surface area contributed by atoms with Crippen molar-refractivity contribution in [1.82, 2.24) is 9.97 Å². The molecule has 0 aliphatic heterocycles. The highest BCUT2D eigenvalue weighted by atomic mass is 16.3. The van der Waals surface area contributed by atoms with Gasteiger partial charge in [0.1, 0.15) is 11.3 Å². The van der Waals surface area contributed by atoms with Crippen LogP contribution in [0.1, 0.15) is 6.92 Å². The van der Waals surface area contributed by atoms with Gasteiger partial charge in [-0.3, -0.25) is 10.1 Å². The molecule has 5 nitrogen and oxygen atoms in total. The maximum absolute atomic E-state index is 10.8. The quantitative estimate of drug-likeness (QED) is 0.732. The summed E-state index contributed by atoms with van der Waals surface area (Å²) in [6, 6.07) is 5.03. The number of fused-ring (bicyclic) bond motifs is 1. The normalized spacial score (nSPS) is 10.2. The summed E-state index contributed by atoms with van der Waals surface area (Å²) in [5.41, 5.74) is 0.427. The summed E-state index contributed by atoms with van der Waals surface area (Å²) in [4.78, 5) is 18.7. The van der Waals surface area contributed by atoms with Gasteiger partial charge in [-0.05, 0) is 6.07 Å². The lowest BCUT2D eigenvalue weighted by molar-refractivity contribution is -0.114. The Morgan fingerprint density at radius 2 is 2.27 bits per heavy atom. The topological polar surface area (TPSA) is 75.1 Å². The summed E-state index contributed by atoms with van der Waals surface area (Å²) in [6.45, 7) is 1.37. The molecule has 76 valence electrons. The molecule has 1 aromatic carbocycles. The number of para-hydroxylation sites is 1. The monoisotopic (exact) mass is 203 g/mol. The molecule has 1 heterocycles. The molecular formula is C10H9N3O2. The van der Waals surface area contributed by atoms with Crippen molar-refractivity contribution in [2.24, 2.45) is 0 Å². The molecule has 0 spiro atoms. The number of carbonyl (C=O) groups is 1. The van der Waals surface area contributed by atoms with Gasteiger partial charge in [0.25, 0.3) is 0 Å². The minimum absolute atomic E-state index is 0.0708. The lowest BCUT2D eigenvalue weighted by Crippen LogP contribution is -2.08. The summed E-state index contributed by atoms with van der Waals surface area (Å²) in [5.74, 6) is 0.0165. The van der Waals surface area contributed by atoms with Gasteiger partial charge in [0.05, 0.1) is 0 Å². The predicted octanol–water partition coefficient (Wildman–Crippen LogP) is 1.29. The Bertz CT molecular complexity index is 525. The van der Waals surface area contributed by atoms with Crippen molar-refractivity contribution in [3.63, 3.8) is 0 Å². The van der Waals surface area contributed by atoms with Crippen LogP contribution in [0.5, 0.6) is 5.75 Å². The number of aromatic hydroxyl groups is 1. The van der Waals surface area contributed by atoms with Gasteiger partial charge < -0.3 is 5.11 Å². The van der Waals surface area contributed by atoms with Crippen LogP contribution in [-0.4, -0.2) is 21.0 Å². The first-order valence-electron chi connectivity index (χ1n) is 4.39. The Morgan fingerprint density at radius 1 is 1.47 bits per heavy atom. The Hall–Kier alpha value is -2.17. The van der Waals surface area contributed by atoms with Gasteiger partial charge in [-0.15, -0.1) is 0 Å². The Morgan fingerprint density at radius 3 is 3.00 bits per heavy atom. The molecule has 0 bridgehead atoms. The van der Waals surface area contributed by atoms with E-state index in [2.05, 4.69) is 15.3 Å². The van der Waals surface area contributed by atoms with Crippen molar-refractivity contribution in [2.75, 3.05) is 5.32 Å². The first-order valence-corrected chi connectivity index (χ1v) is 4.39. The predicted molar refractivity (Wildman–Crippen MR) is 55.5 cm³/mol. The summed E-state index contributed by atoms with van der Waals surface area (Å²) in [7, 11) is 0. The molecule has 15 heavy (non-hydrogen) atoms. The van der Waals surface area contributed by atoms with Gasteiger partial charge in [-0.1, -0.05) is 12.1 Å². The number of amides is 1. The SMILES string of the molecule is CC(=O)Nc1ncc2cccc(O)c2n1. The number of nitrogens with zero attached hydrogens (tertiary/aromatic N) is 2. The molecule has 0 radical (unpaired) electrons. The molecule has 0 aliphatic carbocycles. The number of anilines is 1. The molecule has 2 N–H and O–H groups in total. The Kier molecular flexibility index (Phi) is 2.21. The van der Waals surface area contributed by atoms with Crippen molar-refractivity contribution in [3.05, 3.63) is 24.4 Å². The zero-order chi connectivity index (χ0) is 10.8. The van der Waals surface area contributed by atoms with Gasteiger partial charge in [0.15, 0.2) is 0 Å². The van der Waals surface area contributed by atoms with E-state index in [-0.39, 0.29) is 17.6 Å². The maximum atomic E-state index is 10.8. The van der Waals surface area contributed by atoms with Crippen LogP contribution in [0.3, 0.4) is 0 Å². The van der Waals surface area contributed by atoms with Crippen molar-refractivity contribution in [2.45, 2.75) is 6.92 Å². The van der Waals surface area contributed by atoms with E-state index in [1.165, 1.54) is 13.0 Å². The minimum atomic E-state index is -0.246. The zero-order valence-electron chi connectivity index (χ0n) is 8.06. The average molecular weight is 203 g/mol. The highest BCUT2D eigenvalue weighted by Gasteiger charge is 2.04. The standard InChI is InChI=1S/C10H9N3O2/c1-6(14)12-10-11-5-7-3-2-4-8(15)9(7)13-10/h2-5,15H,1H3,(H,11,12,13,14). The molecular weight excluding hydrogens is 194 g/mol. The molecule has 0 aliphatic rings. The van der Waals surface area contributed by atoms with Crippen LogP contribution < -0.4 is 5.32 Å². The summed E-state index contributed by atoms with van der Waals surface area (Å²) >= 11 is 0. The van der Waals surface area contributed by atoms with E-state index in [0.717, 1.165) is 5.39 Å². The van der Waals surface area contributed by atoms with E-state index in [4.69, 9.17) is 0 Å². The Labute approximate surface area is 85.8 Å². The molecule has 0 saturated carbocycles. The molecule has 0 atom stereocenters. The van der Waals surface area contributed by atoms with Crippen LogP contribution in [0.4, 0.5) is 5.95 Å². The van der Waals surface area contributed by atoms with Crippen molar-refractivity contribution < 1.29 is 9.90 Å². The lowest BCUT2D eigenvalue weighted by Gasteiger charge is -2.02. The molecule has 0 saturated heterocycles. The van der Waals surface area contributed by atoms with Crippen molar-refractivity contribution in [3.8, 4) is 5.75 Å². The van der Waals surface area contributed by atoms with E-state index < -0.39 is 0 Å². The summed E-state index contributed by atoms with van der Waals surface area (Å²) in [6.07, 6.45) is 1.55. The van der Waals surface area contributed by atoms with Gasteiger partial charge in [0, 0.05) is 18.5 Å². The van der Waals surface area contributed by atoms with Crippen LogP contribution in [0.2, 0.25) is 0 Å². The number of phenols is 1. The highest BCUT2D eigenvalue weighted by Crippen LogP contribution is 2.22. The molecule has 0 fully saturated rings. The minimum Gasteiger partial charge on any atom is -0.506 e. The molecule has 2 rings (SSSR count). The van der Waals surface area contributed by atoms with Gasteiger partial charge in [-0.25, -0.2) is 9.97 Å². The fraction of sp³-hybridized carbons (Fsp3) is 0.100. The number of carbonyl (C=O) groups excluding carboxylic acids is 1. The molecule has 1 aromatic heterocycles. The molecule has 0 unspecified atom stereocenters. The van der Waals surface area contributed by atoms with Gasteiger partial charge >= 0.3 is 0 Å². The smallest absolute Gasteiger partial charge is 0.230 e. The number of phenolic OH excluding ortho intramolecular Hbond substituents is 1. The van der Waals surface area contributed by atoms with E-state index in [1.54, 1.807) is 18.3 Å². The number of benzene rings is 1. The van der Waals surface area contributed by atoms with Gasteiger partial charge in [0.2, 0.25) is 11.9 Å². The number of hydrogen-bond donors (Lipinski definition) is 2. The lowest BCUT2D eigenvalue weighted by atomic mass is 10.2. The van der Waals surface area contributed by atoms with Crippen molar-refractivity contribution >= 4 is 22.8 Å². The first kappa shape index (κ1) is 9.39. The van der Waals surface area contributed by atoms with Crippen LogP contribution in [0.25, 0.3) is 10.9 Å². The van der Waals surface area contributed by atoms with Crippen LogP contribution >= 0.6 is 0 Å². The van der Waals surface area contributed by atoms with Crippen LogP contribution in [0, 0.1) is 0 Å². The van der Waals surface area contributed by atoms with E-state index >= 15 is 0 Å². The van der Waals surface area contributed by atoms with E-state index in [1.807, 2.05) is 0 Å². The van der Waals surface area contributed by atoms with E-state index in [0.29, 0.717) is 5.52 Å². The fourth-order valence-corrected chi connectivity index (χ4v) is 1.26. The number of aromatic nitrogens is 2. The molecule has 2 aromatic rings. The molecule has 1 amide bonds. The maximum Gasteiger partial charge on any atom is 0.230 e. The highest BCUT2D eigenvalue weighted by molar-refractivity contribution is 5.89. The summed E-state index contributed by atoms with van der Waals surface area (Å²) in [5, 5.41) is 12.7.